The molecule has 0 spiro atoms. The lowest BCUT2D eigenvalue weighted by atomic mass is 10.0. The summed E-state index contributed by atoms with van der Waals surface area (Å²) in [6.45, 7) is 5.69. The van der Waals surface area contributed by atoms with E-state index in [4.69, 9.17) is 16.3 Å². The van der Waals surface area contributed by atoms with Crippen molar-refractivity contribution in [1.29, 1.82) is 0 Å². The van der Waals surface area contributed by atoms with Gasteiger partial charge in [0.2, 0.25) is 5.91 Å². The SMILES string of the molecule is COc1cccc(CC(=O)NC(C)(C)C(C)Cl)c1. The number of rotatable bonds is 5. The van der Waals surface area contributed by atoms with Crippen LogP contribution in [0.4, 0.5) is 0 Å². The second-order valence-corrected chi connectivity index (χ2v) is 5.57. The molecule has 1 atom stereocenters. The van der Waals surface area contributed by atoms with Crippen LogP contribution in [0.1, 0.15) is 26.3 Å². The Morgan fingerprint density at radius 2 is 2.17 bits per heavy atom. The van der Waals surface area contributed by atoms with Crippen LogP contribution in [0.3, 0.4) is 0 Å². The highest BCUT2D eigenvalue weighted by atomic mass is 35.5. The molecular weight excluding hydrogens is 250 g/mol. The third-order valence-corrected chi connectivity index (χ3v) is 3.50. The highest BCUT2D eigenvalue weighted by molar-refractivity contribution is 6.21. The standard InChI is InChI=1S/C14H20ClNO2/c1-10(15)14(2,3)16-13(17)9-11-6-5-7-12(8-11)18-4/h5-8,10H,9H2,1-4H3,(H,16,17). The molecule has 1 unspecified atom stereocenters. The van der Waals surface area contributed by atoms with Crippen LogP contribution >= 0.6 is 11.6 Å². The van der Waals surface area contributed by atoms with Crippen molar-refractivity contribution in [3.8, 4) is 5.75 Å². The molecule has 0 bridgehead atoms. The fraction of sp³-hybridized carbons (Fsp3) is 0.500. The Labute approximate surface area is 113 Å². The number of amides is 1. The minimum Gasteiger partial charge on any atom is -0.497 e. The first-order valence-corrected chi connectivity index (χ1v) is 6.37. The number of methoxy groups -OCH3 is 1. The van der Waals surface area contributed by atoms with Gasteiger partial charge in [-0.25, -0.2) is 0 Å². The lowest BCUT2D eigenvalue weighted by Crippen LogP contribution is -2.49. The maximum atomic E-state index is 11.9. The number of nitrogens with one attached hydrogen (secondary N) is 1. The van der Waals surface area contributed by atoms with E-state index in [0.29, 0.717) is 6.42 Å². The van der Waals surface area contributed by atoms with Crippen molar-refractivity contribution in [3.05, 3.63) is 29.8 Å². The summed E-state index contributed by atoms with van der Waals surface area (Å²) in [5, 5.41) is 2.80. The largest absolute Gasteiger partial charge is 0.497 e. The molecule has 3 nitrogen and oxygen atoms in total. The third kappa shape index (κ3) is 4.22. The number of benzene rings is 1. The third-order valence-electron chi connectivity index (χ3n) is 2.95. The molecule has 0 heterocycles. The molecule has 0 aliphatic heterocycles. The average molecular weight is 270 g/mol. The van der Waals surface area contributed by atoms with E-state index < -0.39 is 5.54 Å². The lowest BCUT2D eigenvalue weighted by molar-refractivity contribution is -0.122. The lowest BCUT2D eigenvalue weighted by Gasteiger charge is -2.29. The van der Waals surface area contributed by atoms with Gasteiger partial charge in [0.15, 0.2) is 0 Å². The van der Waals surface area contributed by atoms with E-state index in [1.165, 1.54) is 0 Å². The first-order valence-electron chi connectivity index (χ1n) is 5.93. The van der Waals surface area contributed by atoms with Crippen LogP contribution in [0.15, 0.2) is 24.3 Å². The van der Waals surface area contributed by atoms with Crippen LogP contribution in [0.25, 0.3) is 0 Å². The van der Waals surface area contributed by atoms with Gasteiger partial charge in [-0.15, -0.1) is 11.6 Å². The van der Waals surface area contributed by atoms with Crippen molar-refractivity contribution in [2.24, 2.45) is 0 Å². The molecule has 0 saturated heterocycles. The van der Waals surface area contributed by atoms with E-state index in [2.05, 4.69) is 5.32 Å². The van der Waals surface area contributed by atoms with Gasteiger partial charge in [0.05, 0.1) is 24.4 Å². The number of alkyl halides is 1. The summed E-state index contributed by atoms with van der Waals surface area (Å²) < 4.78 is 5.12. The normalized spacial score (nSPS) is 12.9. The van der Waals surface area contributed by atoms with Crippen molar-refractivity contribution < 1.29 is 9.53 Å². The second kappa shape index (κ2) is 6.10. The predicted molar refractivity (Wildman–Crippen MR) is 74.2 cm³/mol. The fourth-order valence-corrected chi connectivity index (χ4v) is 1.53. The van der Waals surface area contributed by atoms with Crippen LogP contribution in [0, 0.1) is 0 Å². The number of carbonyl (C=O) groups is 1. The fourth-order valence-electron chi connectivity index (χ4n) is 1.47. The van der Waals surface area contributed by atoms with E-state index >= 15 is 0 Å². The van der Waals surface area contributed by atoms with Crippen molar-refractivity contribution >= 4 is 17.5 Å². The molecule has 0 radical (unpaired) electrons. The number of ether oxygens (including phenoxy) is 1. The molecule has 100 valence electrons. The van der Waals surface area contributed by atoms with Crippen LogP contribution < -0.4 is 10.1 Å². The highest BCUT2D eigenvalue weighted by Gasteiger charge is 2.25. The van der Waals surface area contributed by atoms with Gasteiger partial charge in [0, 0.05) is 0 Å². The number of carbonyl (C=O) groups excluding carboxylic acids is 1. The number of hydrogen-bond donors (Lipinski definition) is 1. The minimum absolute atomic E-state index is 0.0410. The van der Waals surface area contributed by atoms with Crippen LogP contribution in [0.5, 0.6) is 5.75 Å². The molecule has 4 heteroatoms. The van der Waals surface area contributed by atoms with Crippen molar-refractivity contribution in [3.63, 3.8) is 0 Å². The predicted octanol–water partition coefficient (Wildman–Crippen LogP) is 2.76. The Morgan fingerprint density at radius 3 is 2.72 bits per heavy atom. The van der Waals surface area contributed by atoms with E-state index in [9.17, 15) is 4.79 Å². The molecule has 1 aromatic carbocycles. The molecule has 1 rings (SSSR count). The Hall–Kier alpha value is -1.22. The van der Waals surface area contributed by atoms with Gasteiger partial charge in [-0.05, 0) is 38.5 Å². The molecule has 0 aliphatic rings. The van der Waals surface area contributed by atoms with Gasteiger partial charge in [-0.2, -0.15) is 0 Å². The van der Waals surface area contributed by atoms with Gasteiger partial charge in [0.1, 0.15) is 5.75 Å². The van der Waals surface area contributed by atoms with Crippen molar-refractivity contribution in [2.45, 2.75) is 38.1 Å². The van der Waals surface area contributed by atoms with Gasteiger partial charge < -0.3 is 10.1 Å². The molecule has 0 aliphatic carbocycles. The van der Waals surface area contributed by atoms with Gasteiger partial charge in [0.25, 0.3) is 0 Å². The smallest absolute Gasteiger partial charge is 0.224 e. The summed E-state index contributed by atoms with van der Waals surface area (Å²) >= 11 is 6.03. The first kappa shape index (κ1) is 14.8. The molecule has 1 N–H and O–H groups in total. The molecular formula is C14H20ClNO2. The zero-order valence-electron chi connectivity index (χ0n) is 11.3. The summed E-state index contributed by atoms with van der Waals surface area (Å²) in [7, 11) is 1.61. The van der Waals surface area contributed by atoms with E-state index in [1.807, 2.05) is 45.0 Å². The van der Waals surface area contributed by atoms with Crippen LogP contribution in [-0.2, 0) is 11.2 Å². The molecule has 1 amide bonds. The van der Waals surface area contributed by atoms with E-state index in [-0.39, 0.29) is 11.3 Å². The molecule has 0 aromatic heterocycles. The molecule has 18 heavy (non-hydrogen) atoms. The van der Waals surface area contributed by atoms with Gasteiger partial charge in [-0.3, -0.25) is 4.79 Å². The van der Waals surface area contributed by atoms with E-state index in [0.717, 1.165) is 11.3 Å². The Morgan fingerprint density at radius 1 is 1.50 bits per heavy atom. The second-order valence-electron chi connectivity index (χ2n) is 4.91. The monoisotopic (exact) mass is 269 g/mol. The quantitative estimate of drug-likeness (QED) is 0.835. The van der Waals surface area contributed by atoms with Crippen molar-refractivity contribution in [1.82, 2.24) is 5.32 Å². The van der Waals surface area contributed by atoms with Gasteiger partial charge in [-0.1, -0.05) is 12.1 Å². The minimum atomic E-state index is -0.419. The zero-order valence-corrected chi connectivity index (χ0v) is 12.0. The number of hydrogen-bond acceptors (Lipinski definition) is 2. The Bertz CT molecular complexity index is 416. The van der Waals surface area contributed by atoms with Crippen LogP contribution in [0.2, 0.25) is 0 Å². The first-order chi connectivity index (χ1) is 8.35. The Balaban J connectivity index is 2.65. The summed E-state index contributed by atoms with van der Waals surface area (Å²) in [6, 6.07) is 7.48. The molecule has 0 saturated carbocycles. The number of halogens is 1. The highest BCUT2D eigenvalue weighted by Crippen LogP contribution is 2.16. The average Bonchev–Trinajstić information content (AvgIpc) is 2.28. The topological polar surface area (TPSA) is 38.3 Å². The summed E-state index contributed by atoms with van der Waals surface area (Å²) in [4.78, 5) is 11.9. The van der Waals surface area contributed by atoms with Crippen LogP contribution in [-0.4, -0.2) is 23.9 Å². The Kier molecular flexibility index (Phi) is 5.03. The summed E-state index contributed by atoms with van der Waals surface area (Å²) in [6.07, 6.45) is 0.324. The maximum absolute atomic E-state index is 11.9. The maximum Gasteiger partial charge on any atom is 0.224 e. The molecule has 0 fully saturated rings. The summed E-state index contributed by atoms with van der Waals surface area (Å²) in [5.41, 5.74) is 0.502. The molecule has 1 aromatic rings. The van der Waals surface area contributed by atoms with E-state index in [1.54, 1.807) is 7.11 Å². The van der Waals surface area contributed by atoms with Crippen molar-refractivity contribution in [2.75, 3.05) is 7.11 Å². The van der Waals surface area contributed by atoms with Gasteiger partial charge >= 0.3 is 0 Å². The zero-order chi connectivity index (χ0) is 13.8. The summed E-state index contributed by atoms with van der Waals surface area (Å²) in [5.74, 6) is 0.714.